The third-order valence-electron chi connectivity index (χ3n) is 3.46. The van der Waals surface area contributed by atoms with Gasteiger partial charge in [-0.1, -0.05) is 69.8 Å². The lowest BCUT2D eigenvalue weighted by Gasteiger charge is -1.98. The first-order chi connectivity index (χ1) is 10.3. The second kappa shape index (κ2) is 17.0. The van der Waals surface area contributed by atoms with Crippen molar-refractivity contribution in [3.8, 4) is 0 Å². The molecule has 3 heteroatoms. The Bertz CT molecular complexity index is 282. The summed E-state index contributed by atoms with van der Waals surface area (Å²) in [6, 6.07) is 0. The summed E-state index contributed by atoms with van der Waals surface area (Å²) in [7, 11) is 0. The highest BCUT2D eigenvalue weighted by molar-refractivity contribution is 5.68. The number of carbonyl (C=O) groups excluding carboxylic acids is 1. The van der Waals surface area contributed by atoms with Crippen LogP contribution in [-0.2, 0) is 9.68 Å². The van der Waals surface area contributed by atoms with Gasteiger partial charge in [0.05, 0.1) is 0 Å². The predicted octanol–water partition coefficient (Wildman–Crippen LogP) is 5.82. The van der Waals surface area contributed by atoms with E-state index in [2.05, 4.69) is 36.1 Å². The molecule has 3 nitrogen and oxygen atoms in total. The van der Waals surface area contributed by atoms with E-state index in [4.69, 9.17) is 5.26 Å². The number of rotatable bonds is 14. The van der Waals surface area contributed by atoms with Crippen molar-refractivity contribution < 1.29 is 14.9 Å². The van der Waals surface area contributed by atoms with Crippen LogP contribution in [0.5, 0.6) is 0 Å². The highest BCUT2D eigenvalue weighted by Gasteiger charge is 2.00. The first kappa shape index (κ1) is 19.9. The Labute approximate surface area is 130 Å². The minimum absolute atomic E-state index is 0.319. The van der Waals surface area contributed by atoms with E-state index in [1.807, 2.05) is 0 Å². The van der Waals surface area contributed by atoms with Crippen molar-refractivity contribution in [2.75, 3.05) is 0 Å². The van der Waals surface area contributed by atoms with E-state index in [1.165, 1.54) is 44.9 Å². The van der Waals surface area contributed by atoms with Gasteiger partial charge in [-0.05, 0) is 32.1 Å². The number of hydrogen-bond donors (Lipinski definition) is 1. The fourth-order valence-corrected chi connectivity index (χ4v) is 2.15. The molecular weight excluding hydrogens is 264 g/mol. The summed E-state index contributed by atoms with van der Waals surface area (Å²) in [5, 5.41) is 8.09. The molecule has 122 valence electrons. The van der Waals surface area contributed by atoms with E-state index in [9.17, 15) is 4.79 Å². The zero-order chi connectivity index (χ0) is 15.6. The smallest absolute Gasteiger partial charge is 0.301 e. The Morgan fingerprint density at radius 2 is 1.38 bits per heavy atom. The highest BCUT2D eigenvalue weighted by Crippen LogP contribution is 2.08. The minimum atomic E-state index is -0.528. The van der Waals surface area contributed by atoms with E-state index in [0.717, 1.165) is 25.7 Å². The van der Waals surface area contributed by atoms with Crippen LogP contribution in [0.25, 0.3) is 0 Å². The number of allylic oxidation sites excluding steroid dienone is 4. The van der Waals surface area contributed by atoms with Crippen molar-refractivity contribution in [1.82, 2.24) is 0 Å². The van der Waals surface area contributed by atoms with Gasteiger partial charge in [-0.15, -0.1) is 0 Å². The SMILES string of the molecule is CCCCCCC=CC=CCCCCCCCC(=O)OO. The van der Waals surface area contributed by atoms with Crippen LogP contribution in [0.1, 0.15) is 84.0 Å². The normalized spacial score (nSPS) is 11.5. The minimum Gasteiger partial charge on any atom is -0.301 e. The van der Waals surface area contributed by atoms with Crippen LogP contribution in [0.3, 0.4) is 0 Å². The molecule has 0 atom stereocenters. The molecule has 0 aromatic heterocycles. The van der Waals surface area contributed by atoms with E-state index in [-0.39, 0.29) is 0 Å². The maximum Gasteiger partial charge on any atom is 0.342 e. The second-order valence-electron chi connectivity index (χ2n) is 5.48. The molecule has 0 heterocycles. The van der Waals surface area contributed by atoms with Crippen LogP contribution >= 0.6 is 0 Å². The quantitative estimate of drug-likeness (QED) is 0.190. The Kier molecular flexibility index (Phi) is 16.1. The average molecular weight is 296 g/mol. The summed E-state index contributed by atoms with van der Waals surface area (Å²) < 4.78 is 0. The second-order valence-corrected chi connectivity index (χ2v) is 5.48. The molecule has 0 amide bonds. The summed E-state index contributed by atoms with van der Waals surface area (Å²) in [6.07, 6.45) is 22.1. The van der Waals surface area contributed by atoms with Crippen LogP contribution in [0.2, 0.25) is 0 Å². The summed E-state index contributed by atoms with van der Waals surface area (Å²) in [4.78, 5) is 14.3. The highest BCUT2D eigenvalue weighted by atomic mass is 17.1. The molecule has 0 rings (SSSR count). The van der Waals surface area contributed by atoms with Gasteiger partial charge in [-0.25, -0.2) is 4.79 Å². The monoisotopic (exact) mass is 296 g/mol. The molecule has 1 N–H and O–H groups in total. The van der Waals surface area contributed by atoms with Crippen LogP contribution in [0.15, 0.2) is 24.3 Å². The number of carbonyl (C=O) groups is 1. The lowest BCUT2D eigenvalue weighted by Crippen LogP contribution is -1.99. The van der Waals surface area contributed by atoms with Gasteiger partial charge in [0, 0.05) is 6.42 Å². The maximum atomic E-state index is 10.7. The molecule has 0 spiro atoms. The van der Waals surface area contributed by atoms with E-state index in [0.29, 0.717) is 6.42 Å². The molecule has 0 aromatic rings. The van der Waals surface area contributed by atoms with E-state index in [1.54, 1.807) is 0 Å². The van der Waals surface area contributed by atoms with Gasteiger partial charge < -0.3 is 4.89 Å². The van der Waals surface area contributed by atoms with Crippen molar-refractivity contribution in [1.29, 1.82) is 0 Å². The van der Waals surface area contributed by atoms with Crippen LogP contribution in [0.4, 0.5) is 0 Å². The first-order valence-corrected chi connectivity index (χ1v) is 8.47. The van der Waals surface area contributed by atoms with E-state index >= 15 is 0 Å². The molecule has 0 saturated heterocycles. The maximum absolute atomic E-state index is 10.7. The fraction of sp³-hybridized carbons (Fsp3) is 0.722. The molecule has 0 aliphatic carbocycles. The lowest BCUT2D eigenvalue weighted by atomic mass is 10.1. The third-order valence-corrected chi connectivity index (χ3v) is 3.46. The van der Waals surface area contributed by atoms with Gasteiger partial charge in [-0.2, -0.15) is 5.26 Å². The molecule has 0 fully saturated rings. The summed E-state index contributed by atoms with van der Waals surface area (Å²) >= 11 is 0. The molecular formula is C18H32O3. The lowest BCUT2D eigenvalue weighted by molar-refractivity contribution is -0.234. The van der Waals surface area contributed by atoms with E-state index < -0.39 is 5.97 Å². The average Bonchev–Trinajstić information content (AvgIpc) is 2.50. The van der Waals surface area contributed by atoms with Crippen molar-refractivity contribution in [2.24, 2.45) is 0 Å². The Balaban J connectivity index is 3.21. The molecule has 0 aliphatic heterocycles. The molecule has 0 unspecified atom stereocenters. The van der Waals surface area contributed by atoms with Gasteiger partial charge in [0.15, 0.2) is 0 Å². The predicted molar refractivity (Wildman–Crippen MR) is 88.1 cm³/mol. The van der Waals surface area contributed by atoms with Crippen molar-refractivity contribution >= 4 is 5.97 Å². The Hall–Kier alpha value is -1.09. The molecule has 0 aromatic carbocycles. The van der Waals surface area contributed by atoms with Gasteiger partial charge in [0.1, 0.15) is 0 Å². The number of hydrogen-bond acceptors (Lipinski definition) is 3. The molecule has 0 aliphatic rings. The Morgan fingerprint density at radius 1 is 0.857 bits per heavy atom. The summed E-state index contributed by atoms with van der Waals surface area (Å²) in [5.41, 5.74) is 0. The van der Waals surface area contributed by atoms with Crippen LogP contribution < -0.4 is 0 Å². The van der Waals surface area contributed by atoms with Gasteiger partial charge in [-0.3, -0.25) is 0 Å². The standard InChI is InChI=1S/C18H32O3/c1-2-3-4-5-6-7-8-9-10-11-12-13-14-15-16-17-18(19)21-20/h7-10,20H,2-6,11-17H2,1H3. The molecule has 21 heavy (non-hydrogen) atoms. The molecule has 0 radical (unpaired) electrons. The third kappa shape index (κ3) is 16.9. The van der Waals surface area contributed by atoms with Crippen molar-refractivity contribution in [2.45, 2.75) is 84.0 Å². The zero-order valence-corrected chi connectivity index (χ0v) is 13.6. The largest absolute Gasteiger partial charge is 0.342 e. The molecule has 0 bridgehead atoms. The van der Waals surface area contributed by atoms with Gasteiger partial charge in [0.2, 0.25) is 0 Å². The summed E-state index contributed by atoms with van der Waals surface area (Å²) in [5.74, 6) is -0.528. The van der Waals surface area contributed by atoms with Crippen molar-refractivity contribution in [3.63, 3.8) is 0 Å². The first-order valence-electron chi connectivity index (χ1n) is 8.47. The van der Waals surface area contributed by atoms with Crippen molar-refractivity contribution in [3.05, 3.63) is 24.3 Å². The van der Waals surface area contributed by atoms with Crippen LogP contribution in [0, 0.1) is 0 Å². The van der Waals surface area contributed by atoms with Crippen LogP contribution in [-0.4, -0.2) is 11.2 Å². The number of unbranched alkanes of at least 4 members (excludes halogenated alkanes) is 9. The Morgan fingerprint density at radius 3 is 1.95 bits per heavy atom. The fourth-order valence-electron chi connectivity index (χ4n) is 2.15. The topological polar surface area (TPSA) is 46.5 Å². The van der Waals surface area contributed by atoms with Gasteiger partial charge in [0.25, 0.3) is 0 Å². The summed E-state index contributed by atoms with van der Waals surface area (Å²) in [6.45, 7) is 2.24. The zero-order valence-electron chi connectivity index (χ0n) is 13.6. The van der Waals surface area contributed by atoms with Gasteiger partial charge >= 0.3 is 5.97 Å². The molecule has 0 saturated carbocycles.